The molecule has 0 spiro atoms. The summed E-state index contributed by atoms with van der Waals surface area (Å²) in [7, 11) is 2.02. The summed E-state index contributed by atoms with van der Waals surface area (Å²) in [6.45, 7) is 4.26. The molecular weight excluding hydrogens is 250 g/mol. The van der Waals surface area contributed by atoms with Crippen LogP contribution in [0.15, 0.2) is 18.7 Å². The third-order valence-corrected chi connectivity index (χ3v) is 1.19. The molecule has 1 aromatic rings. The molecule has 0 unspecified atom stereocenters. The Kier molecular flexibility index (Phi) is 14.4. The third kappa shape index (κ3) is 11.5. The van der Waals surface area contributed by atoms with E-state index in [-0.39, 0.29) is 29.2 Å². The molecule has 0 bridgehead atoms. The average Bonchev–Trinajstić information content (AvgIpc) is 2.34. The zero-order valence-electron chi connectivity index (χ0n) is 8.40. The smallest absolute Gasteiger partial charge is 0.300 e. The van der Waals surface area contributed by atoms with Gasteiger partial charge in [-0.2, -0.15) is 0 Å². The third-order valence-electron chi connectivity index (χ3n) is 1.19. The molecule has 0 atom stereocenters. The van der Waals surface area contributed by atoms with Gasteiger partial charge >= 0.3 is 0 Å². The number of hydrogen-bond acceptors (Lipinski definition) is 1. The minimum absolute atomic E-state index is 0. The van der Waals surface area contributed by atoms with Gasteiger partial charge in [-0.05, 0) is 6.92 Å². The average molecular weight is 266 g/mol. The summed E-state index contributed by atoms with van der Waals surface area (Å²) in [4.78, 5) is 9.00. The van der Waals surface area contributed by atoms with Gasteiger partial charge in [0, 0.05) is 23.7 Å². The number of carboxylic acids is 1. The molecule has 0 saturated carbocycles. The summed E-state index contributed by atoms with van der Waals surface area (Å²) < 4.78 is 4.16. The van der Waals surface area contributed by atoms with Crippen LogP contribution in [0, 0.1) is 0 Å². The molecule has 0 fully saturated rings. The molecule has 6 heteroatoms. The van der Waals surface area contributed by atoms with Gasteiger partial charge in [-0.1, -0.05) is 0 Å². The largest absolute Gasteiger partial charge is 1.00 e. The maximum Gasteiger partial charge on any atom is 0.300 e. The monoisotopic (exact) mass is 265 g/mol. The van der Waals surface area contributed by atoms with E-state index in [0.29, 0.717) is 0 Å². The predicted octanol–water partition coefficient (Wildman–Crippen LogP) is -2.58. The second-order valence-electron chi connectivity index (χ2n) is 2.43. The first-order chi connectivity index (χ1) is 5.56. The number of nitrogens with zero attached hydrogens (tertiary/aromatic N) is 2. The van der Waals surface area contributed by atoms with Crippen molar-refractivity contribution in [3.63, 3.8) is 0 Å². The van der Waals surface area contributed by atoms with Crippen molar-refractivity contribution in [3.05, 3.63) is 18.7 Å². The van der Waals surface area contributed by atoms with Crippen LogP contribution < -0.4 is 17.0 Å². The number of carbonyl (C=O) groups is 1. The summed E-state index contributed by atoms with van der Waals surface area (Å²) in [5, 5.41) is 7.42. The molecule has 0 saturated heterocycles. The first-order valence-electron chi connectivity index (χ1n) is 3.76. The van der Waals surface area contributed by atoms with Crippen LogP contribution in [-0.2, 0) is 35.2 Å². The van der Waals surface area contributed by atoms with Crippen LogP contribution in [-0.4, -0.2) is 15.6 Å². The molecule has 1 radical (unpaired) electrons. The maximum absolute atomic E-state index is 9.00. The zero-order chi connectivity index (χ0) is 9.56. The Morgan fingerprint density at radius 3 is 2.14 bits per heavy atom. The van der Waals surface area contributed by atoms with Crippen LogP contribution in [0.2, 0.25) is 0 Å². The van der Waals surface area contributed by atoms with Gasteiger partial charge in [0.1, 0.15) is 12.4 Å². The van der Waals surface area contributed by atoms with E-state index in [9.17, 15) is 0 Å². The fourth-order valence-electron chi connectivity index (χ4n) is 0.689. The van der Waals surface area contributed by atoms with Gasteiger partial charge in [0.05, 0.1) is 13.6 Å². The minimum Gasteiger partial charge on any atom is -1.00 e. The Morgan fingerprint density at radius 2 is 2.00 bits per heavy atom. The second kappa shape index (κ2) is 10.6. The summed E-state index contributed by atoms with van der Waals surface area (Å²) in [6.07, 6.45) is 6.14. The van der Waals surface area contributed by atoms with E-state index in [0.717, 1.165) is 13.5 Å². The molecule has 1 aromatic heterocycles. The van der Waals surface area contributed by atoms with Crippen LogP contribution in [0.5, 0.6) is 0 Å². The van der Waals surface area contributed by atoms with E-state index in [4.69, 9.17) is 9.90 Å². The molecule has 4 nitrogen and oxygen atoms in total. The molecule has 1 rings (SSSR count). The van der Waals surface area contributed by atoms with E-state index in [1.54, 1.807) is 0 Å². The van der Waals surface area contributed by atoms with E-state index >= 15 is 0 Å². The van der Waals surface area contributed by atoms with Gasteiger partial charge in [-0.25, -0.2) is 9.13 Å². The van der Waals surface area contributed by atoms with Crippen LogP contribution >= 0.6 is 0 Å². The van der Waals surface area contributed by atoms with Crippen molar-refractivity contribution < 1.29 is 43.7 Å². The van der Waals surface area contributed by atoms with Crippen molar-refractivity contribution in [1.82, 2.24) is 4.57 Å². The van der Waals surface area contributed by atoms with Crippen molar-refractivity contribution in [3.8, 4) is 0 Å². The molecule has 0 aromatic carbocycles. The van der Waals surface area contributed by atoms with E-state index in [1.807, 2.05) is 17.8 Å². The molecular formula is C8H15ClCoN2O2. The van der Waals surface area contributed by atoms with Crippen LogP contribution in [0.25, 0.3) is 0 Å². The molecule has 0 amide bonds. The molecule has 1 heterocycles. The molecule has 0 aliphatic rings. The SMILES string of the molecule is CC(=O)O.CCn1cc[n+](C)c1.[Cl-].[Co]. The number of hydrogen-bond donors (Lipinski definition) is 1. The molecule has 1 N–H and O–H groups in total. The van der Waals surface area contributed by atoms with Gasteiger partial charge in [0.2, 0.25) is 6.33 Å². The Morgan fingerprint density at radius 1 is 1.57 bits per heavy atom. The Hall–Kier alpha value is -0.524. The fraction of sp³-hybridized carbons (Fsp3) is 0.500. The maximum atomic E-state index is 9.00. The van der Waals surface area contributed by atoms with Gasteiger partial charge in [0.15, 0.2) is 0 Å². The first kappa shape index (κ1) is 19.1. The van der Waals surface area contributed by atoms with Crippen molar-refractivity contribution in [2.24, 2.45) is 7.05 Å². The number of imidazole rings is 1. The van der Waals surface area contributed by atoms with Crippen LogP contribution in [0.3, 0.4) is 0 Å². The van der Waals surface area contributed by atoms with E-state index in [1.165, 1.54) is 0 Å². The molecule has 0 aliphatic heterocycles. The van der Waals surface area contributed by atoms with Gasteiger partial charge < -0.3 is 17.5 Å². The summed E-state index contributed by atoms with van der Waals surface area (Å²) in [6, 6.07) is 0. The summed E-state index contributed by atoms with van der Waals surface area (Å²) >= 11 is 0. The number of carboxylic acid groups (broad SMARTS) is 1. The van der Waals surface area contributed by atoms with Crippen molar-refractivity contribution in [1.29, 1.82) is 0 Å². The van der Waals surface area contributed by atoms with Crippen molar-refractivity contribution >= 4 is 5.97 Å². The van der Waals surface area contributed by atoms with E-state index < -0.39 is 5.97 Å². The normalized spacial score (nSPS) is 7.36. The Labute approximate surface area is 101 Å². The first-order valence-corrected chi connectivity index (χ1v) is 3.76. The van der Waals surface area contributed by atoms with Crippen LogP contribution in [0.4, 0.5) is 0 Å². The van der Waals surface area contributed by atoms with Crippen molar-refractivity contribution in [2.75, 3.05) is 0 Å². The second-order valence-corrected chi connectivity index (χ2v) is 2.43. The quantitative estimate of drug-likeness (QED) is 0.567. The predicted molar refractivity (Wildman–Crippen MR) is 44.6 cm³/mol. The van der Waals surface area contributed by atoms with Gasteiger partial charge in [-0.3, -0.25) is 4.79 Å². The number of aliphatic carboxylic acids is 1. The van der Waals surface area contributed by atoms with Crippen LogP contribution in [0.1, 0.15) is 13.8 Å². The Balaban J connectivity index is -0.000000180. The molecule has 85 valence electrons. The number of halogens is 1. The summed E-state index contributed by atoms with van der Waals surface area (Å²) in [5.41, 5.74) is 0. The number of rotatable bonds is 1. The number of aryl methyl sites for hydroxylation is 2. The van der Waals surface area contributed by atoms with Crippen molar-refractivity contribution in [2.45, 2.75) is 20.4 Å². The molecule has 14 heavy (non-hydrogen) atoms. The van der Waals surface area contributed by atoms with Gasteiger partial charge in [0.25, 0.3) is 5.97 Å². The van der Waals surface area contributed by atoms with E-state index in [2.05, 4.69) is 24.0 Å². The molecule has 0 aliphatic carbocycles. The fourth-order valence-corrected chi connectivity index (χ4v) is 0.689. The standard InChI is InChI=1S/C6H11N2.C2H4O2.ClH.Co/c1-3-8-5-4-7(2)6-8;1-2(3)4;;/h4-6H,3H2,1-2H3;1H3,(H,3,4);1H;/q+1;;;/p-1. The zero-order valence-corrected chi connectivity index (χ0v) is 10.2. The van der Waals surface area contributed by atoms with Gasteiger partial charge in [-0.15, -0.1) is 0 Å². The Bertz CT molecular complexity index is 249. The topological polar surface area (TPSA) is 46.1 Å². The number of aromatic nitrogens is 2. The minimum atomic E-state index is -0.833. The summed E-state index contributed by atoms with van der Waals surface area (Å²) in [5.74, 6) is -0.833.